The molecule has 3 rings (SSSR count). The first-order valence-electron chi connectivity index (χ1n) is 9.01. The number of rotatable bonds is 4. The molecule has 1 fully saturated rings. The molecule has 0 amide bonds. The van der Waals surface area contributed by atoms with Crippen molar-refractivity contribution in [1.29, 1.82) is 0 Å². The van der Waals surface area contributed by atoms with Gasteiger partial charge in [0.15, 0.2) is 5.96 Å². The molecule has 0 aliphatic carbocycles. The molecule has 0 saturated carbocycles. The quantitative estimate of drug-likeness (QED) is 0.368. The van der Waals surface area contributed by atoms with Gasteiger partial charge >= 0.3 is 0 Å². The molecule has 152 valence electrons. The van der Waals surface area contributed by atoms with Gasteiger partial charge in [-0.15, -0.1) is 24.0 Å². The number of nitrogens with one attached hydrogen (secondary N) is 1. The second kappa shape index (κ2) is 10.7. The molecule has 5 nitrogen and oxygen atoms in total. The molecule has 2 aromatic rings. The largest absolute Gasteiger partial charge is 0.506 e. The Labute approximate surface area is 187 Å². The topological polar surface area (TPSA) is 51.1 Å². The molecule has 0 spiro atoms. The molecule has 28 heavy (non-hydrogen) atoms. The third-order valence-electron chi connectivity index (χ3n) is 4.73. The van der Waals surface area contributed by atoms with Gasteiger partial charge in [-0.25, -0.2) is 4.39 Å². The fourth-order valence-electron chi connectivity index (χ4n) is 3.29. The van der Waals surface area contributed by atoms with Crippen molar-refractivity contribution < 1.29 is 9.50 Å². The van der Waals surface area contributed by atoms with Gasteiger partial charge in [-0.05, 0) is 30.7 Å². The third kappa shape index (κ3) is 5.41. The molecular formula is C20H25ClFIN4O. The minimum absolute atomic E-state index is 0. The van der Waals surface area contributed by atoms with Crippen LogP contribution in [0, 0.1) is 5.82 Å². The van der Waals surface area contributed by atoms with Crippen LogP contribution in [-0.2, 0) is 6.42 Å². The van der Waals surface area contributed by atoms with E-state index in [1.807, 2.05) is 18.2 Å². The lowest BCUT2D eigenvalue weighted by molar-refractivity contribution is 0.370. The smallest absolute Gasteiger partial charge is 0.193 e. The number of guanidine groups is 1. The van der Waals surface area contributed by atoms with Gasteiger partial charge in [0.1, 0.15) is 11.6 Å². The molecular weight excluding hydrogens is 494 g/mol. The van der Waals surface area contributed by atoms with Gasteiger partial charge in [-0.3, -0.25) is 4.99 Å². The molecule has 0 radical (unpaired) electrons. The van der Waals surface area contributed by atoms with Crippen LogP contribution >= 0.6 is 35.6 Å². The van der Waals surface area contributed by atoms with E-state index in [2.05, 4.69) is 20.1 Å². The standard InChI is InChI=1S/C20H24ClFN4O.HI/c1-23-20(24-10-9-15-16(21)5-4-6-17(15)22)26-13-11-25(12-14-26)18-7-2-3-8-19(18)27;/h2-8,27H,9-14H2,1H3,(H,23,24);1H. The highest BCUT2D eigenvalue weighted by molar-refractivity contribution is 14.0. The van der Waals surface area contributed by atoms with Gasteiger partial charge in [0.2, 0.25) is 0 Å². The minimum atomic E-state index is -0.282. The first-order chi connectivity index (χ1) is 13.1. The van der Waals surface area contributed by atoms with Crippen LogP contribution in [0.5, 0.6) is 5.75 Å². The van der Waals surface area contributed by atoms with Gasteiger partial charge in [-0.2, -0.15) is 0 Å². The maximum absolute atomic E-state index is 13.9. The Balaban J connectivity index is 0.00000280. The molecule has 0 atom stereocenters. The van der Waals surface area contributed by atoms with E-state index >= 15 is 0 Å². The molecule has 1 aliphatic heterocycles. The van der Waals surface area contributed by atoms with Crippen molar-refractivity contribution in [3.63, 3.8) is 0 Å². The van der Waals surface area contributed by atoms with E-state index in [-0.39, 0.29) is 29.8 Å². The highest BCUT2D eigenvalue weighted by Gasteiger charge is 2.21. The number of hydrogen-bond donors (Lipinski definition) is 2. The monoisotopic (exact) mass is 518 g/mol. The van der Waals surface area contributed by atoms with E-state index in [9.17, 15) is 9.50 Å². The number of phenolic OH excluding ortho intramolecular Hbond substituents is 1. The Morgan fingerprint density at radius 1 is 1.14 bits per heavy atom. The number of halogens is 3. The number of aromatic hydroxyl groups is 1. The number of piperazine rings is 1. The Bertz CT molecular complexity index is 792. The normalized spacial score (nSPS) is 14.6. The van der Waals surface area contributed by atoms with Crippen LogP contribution < -0.4 is 10.2 Å². The van der Waals surface area contributed by atoms with Crippen molar-refractivity contribution in [2.24, 2.45) is 4.99 Å². The highest BCUT2D eigenvalue weighted by atomic mass is 127. The average Bonchev–Trinajstić information content (AvgIpc) is 2.68. The zero-order valence-electron chi connectivity index (χ0n) is 15.7. The molecule has 1 heterocycles. The third-order valence-corrected chi connectivity index (χ3v) is 5.09. The predicted molar refractivity (Wildman–Crippen MR) is 124 cm³/mol. The Morgan fingerprint density at radius 3 is 2.50 bits per heavy atom. The number of para-hydroxylation sites is 2. The van der Waals surface area contributed by atoms with Crippen molar-refractivity contribution in [3.05, 3.63) is 58.9 Å². The predicted octanol–water partition coefficient (Wildman–Crippen LogP) is 3.74. The number of anilines is 1. The molecule has 8 heteroatoms. The summed E-state index contributed by atoms with van der Waals surface area (Å²) in [7, 11) is 1.74. The number of aliphatic imine (C=N–C) groups is 1. The second-order valence-electron chi connectivity index (χ2n) is 6.39. The Hall–Kier alpha value is -1.74. The van der Waals surface area contributed by atoms with Crippen LogP contribution in [0.15, 0.2) is 47.5 Å². The van der Waals surface area contributed by atoms with E-state index < -0.39 is 0 Å². The summed E-state index contributed by atoms with van der Waals surface area (Å²) < 4.78 is 13.9. The van der Waals surface area contributed by atoms with Crippen molar-refractivity contribution in [1.82, 2.24) is 10.2 Å². The van der Waals surface area contributed by atoms with Crippen LogP contribution in [0.4, 0.5) is 10.1 Å². The highest BCUT2D eigenvalue weighted by Crippen LogP contribution is 2.27. The zero-order chi connectivity index (χ0) is 19.2. The summed E-state index contributed by atoms with van der Waals surface area (Å²) in [4.78, 5) is 8.67. The SMILES string of the molecule is CN=C(NCCc1c(F)cccc1Cl)N1CCN(c2ccccc2O)CC1.I. The Kier molecular flexibility index (Phi) is 8.62. The molecule has 1 saturated heterocycles. The van der Waals surface area contributed by atoms with Crippen LogP contribution in [0.25, 0.3) is 0 Å². The molecule has 2 N–H and O–H groups in total. The van der Waals surface area contributed by atoms with Crippen LogP contribution in [0.2, 0.25) is 5.02 Å². The van der Waals surface area contributed by atoms with Crippen molar-refractivity contribution >= 4 is 47.2 Å². The minimum Gasteiger partial charge on any atom is -0.506 e. The lowest BCUT2D eigenvalue weighted by atomic mass is 10.1. The summed E-state index contributed by atoms with van der Waals surface area (Å²) in [5, 5.41) is 13.8. The van der Waals surface area contributed by atoms with Gasteiger partial charge in [0, 0.05) is 50.4 Å². The number of nitrogens with zero attached hydrogens (tertiary/aromatic N) is 3. The van der Waals surface area contributed by atoms with Crippen molar-refractivity contribution in [2.75, 3.05) is 44.7 Å². The second-order valence-corrected chi connectivity index (χ2v) is 6.79. The maximum atomic E-state index is 13.9. The van der Waals surface area contributed by atoms with Crippen molar-refractivity contribution in [2.45, 2.75) is 6.42 Å². The molecule has 1 aliphatic rings. The van der Waals surface area contributed by atoms with Gasteiger partial charge < -0.3 is 20.2 Å². The average molecular weight is 519 g/mol. The number of phenols is 1. The van der Waals surface area contributed by atoms with Gasteiger partial charge in [-0.1, -0.05) is 29.8 Å². The lowest BCUT2D eigenvalue weighted by Crippen LogP contribution is -2.52. The summed E-state index contributed by atoms with van der Waals surface area (Å²) in [6, 6.07) is 12.1. The van der Waals surface area contributed by atoms with Crippen LogP contribution in [0.3, 0.4) is 0 Å². The van der Waals surface area contributed by atoms with Crippen LogP contribution in [-0.4, -0.2) is 55.7 Å². The van der Waals surface area contributed by atoms with E-state index in [0.717, 1.165) is 37.8 Å². The molecule has 0 aromatic heterocycles. The summed E-state index contributed by atoms with van der Waals surface area (Å²) in [5.74, 6) is 0.810. The van der Waals surface area contributed by atoms with Gasteiger partial charge in [0.05, 0.1) is 5.69 Å². The van der Waals surface area contributed by atoms with E-state index in [1.54, 1.807) is 25.2 Å². The number of hydrogen-bond acceptors (Lipinski definition) is 3. The summed E-state index contributed by atoms with van der Waals surface area (Å²) in [6.07, 6.45) is 0.488. The molecule has 2 aromatic carbocycles. The molecule has 0 unspecified atom stereocenters. The first kappa shape index (κ1) is 22.5. The Morgan fingerprint density at radius 2 is 1.86 bits per heavy atom. The summed E-state index contributed by atoms with van der Waals surface area (Å²) in [6.45, 7) is 3.70. The van der Waals surface area contributed by atoms with Gasteiger partial charge in [0.25, 0.3) is 0 Å². The first-order valence-corrected chi connectivity index (χ1v) is 9.39. The van der Waals surface area contributed by atoms with Crippen LogP contribution in [0.1, 0.15) is 5.56 Å². The fourth-order valence-corrected chi connectivity index (χ4v) is 3.55. The number of benzene rings is 2. The maximum Gasteiger partial charge on any atom is 0.193 e. The van der Waals surface area contributed by atoms with E-state index in [0.29, 0.717) is 29.3 Å². The van der Waals surface area contributed by atoms with E-state index in [1.165, 1.54) is 6.07 Å². The summed E-state index contributed by atoms with van der Waals surface area (Å²) >= 11 is 6.08. The fraction of sp³-hybridized carbons (Fsp3) is 0.350. The summed E-state index contributed by atoms with van der Waals surface area (Å²) in [5.41, 5.74) is 1.38. The van der Waals surface area contributed by atoms with E-state index in [4.69, 9.17) is 11.6 Å². The van der Waals surface area contributed by atoms with Crippen molar-refractivity contribution in [3.8, 4) is 5.75 Å². The molecule has 0 bridgehead atoms. The zero-order valence-corrected chi connectivity index (χ0v) is 18.8. The lowest BCUT2D eigenvalue weighted by Gasteiger charge is -2.37.